The van der Waals surface area contributed by atoms with Crippen LogP contribution in [0.3, 0.4) is 0 Å². The molecule has 0 saturated carbocycles. The fourth-order valence-corrected chi connectivity index (χ4v) is 55.0. The summed E-state index contributed by atoms with van der Waals surface area (Å²) >= 11 is 0. The van der Waals surface area contributed by atoms with Gasteiger partial charge in [0.25, 0.3) is 0 Å². The summed E-state index contributed by atoms with van der Waals surface area (Å²) in [5, 5.41) is 15.1. The van der Waals surface area contributed by atoms with Crippen molar-refractivity contribution >= 4 is 107 Å². The van der Waals surface area contributed by atoms with Crippen molar-refractivity contribution in [2.24, 2.45) is 0 Å². The van der Waals surface area contributed by atoms with E-state index in [1.807, 2.05) is 212 Å². The molecule has 0 unspecified atom stereocenters. The number of rotatable bonds is 9. The molecule has 7 aromatic carbocycles. The van der Waals surface area contributed by atoms with Gasteiger partial charge in [0.1, 0.15) is 0 Å². The molecule has 6 fully saturated rings. The molecule has 14 nitrogen and oxygen atoms in total. The Balaban J connectivity index is 0.00000193. The monoisotopic (exact) mass is 1050 g/mol. The van der Waals surface area contributed by atoms with Gasteiger partial charge < -0.3 is 60.0 Å². The van der Waals surface area contributed by atoms with Crippen molar-refractivity contribution in [2.45, 2.75) is 20.9 Å². The first-order valence-corrected chi connectivity index (χ1v) is 35.2. The SMILES string of the molecule is C.C.O.OCC[Si]12O[Si]3(c4ccccc4)O[Si]4(c5ccccc5)O[Si](c5ccccc5)(O1)O[Si]1(c5ccccc5)O[Si](c5ccccc5)(O2)O[Si](c2ccccc2)(O3)O[Si](c2ccccc2)(O4)O1. The van der Waals surface area contributed by atoms with E-state index in [9.17, 15) is 5.11 Å². The predicted octanol–water partition coefficient (Wildman–Crippen LogP) is 2.56. The summed E-state index contributed by atoms with van der Waals surface area (Å²) in [6.45, 7) is -0.429. The van der Waals surface area contributed by atoms with E-state index in [-0.39, 0.29) is 26.4 Å². The third kappa shape index (κ3) is 7.90. The Morgan fingerprint density at radius 1 is 0.250 bits per heavy atom. The lowest BCUT2D eigenvalue weighted by Crippen LogP contribution is -2.95. The van der Waals surface area contributed by atoms with Crippen LogP contribution in [-0.2, 0) is 49.4 Å². The molecule has 13 rings (SSSR count). The van der Waals surface area contributed by atoms with E-state index in [2.05, 4.69) is 0 Å². The maximum absolute atomic E-state index is 11.3. The molecule has 68 heavy (non-hydrogen) atoms. The molecule has 6 aliphatic rings. The van der Waals surface area contributed by atoms with Gasteiger partial charge in [-0.2, -0.15) is 0 Å². The summed E-state index contributed by atoms with van der Waals surface area (Å²) in [6.07, 6.45) is 0. The molecule has 6 saturated heterocycles. The quantitative estimate of drug-likeness (QED) is 0.211. The van der Waals surface area contributed by atoms with Crippen LogP contribution in [-0.4, -0.2) is 87.6 Å². The molecule has 0 radical (unpaired) electrons. The Labute approximate surface area is 404 Å². The van der Waals surface area contributed by atoms with Crippen molar-refractivity contribution in [1.82, 2.24) is 0 Å². The molecule has 22 heteroatoms. The molecule has 8 bridgehead atoms. The average Bonchev–Trinajstić information content (AvgIpc) is 3.33. The average molecular weight is 1050 g/mol. The van der Waals surface area contributed by atoms with Crippen molar-refractivity contribution in [3.8, 4) is 0 Å². The highest BCUT2D eigenvalue weighted by atomic mass is 28.6. The molecule has 6 aliphatic heterocycles. The summed E-state index contributed by atoms with van der Waals surface area (Å²) in [7, 11) is -37.6. The molecule has 7 aromatic rings. The normalized spacial score (nSPS) is 33.2. The molecule has 0 aliphatic carbocycles. The first-order valence-electron chi connectivity index (χ1n) is 21.2. The number of hydrogen-bond acceptors (Lipinski definition) is 13. The highest BCUT2D eigenvalue weighted by Crippen LogP contribution is 2.49. The lowest BCUT2D eigenvalue weighted by molar-refractivity contribution is -0.00735. The zero-order valence-corrected chi connectivity index (χ0v) is 43.0. The van der Waals surface area contributed by atoms with Gasteiger partial charge in [0, 0.05) is 49.0 Å². The van der Waals surface area contributed by atoms with Crippen LogP contribution < -0.4 is 36.3 Å². The molecule has 0 atom stereocenters. The largest absolute Gasteiger partial charge is 0.515 e. The Hall–Kier alpha value is -4.28. The maximum Gasteiger partial charge on any atom is 0.515 e. The van der Waals surface area contributed by atoms with Crippen LogP contribution >= 0.6 is 0 Å². The fourth-order valence-electron chi connectivity index (χ4n) is 8.73. The first-order chi connectivity index (χ1) is 31.8. The van der Waals surface area contributed by atoms with Gasteiger partial charge in [0.05, 0.1) is 0 Å². The van der Waals surface area contributed by atoms with Crippen LogP contribution in [0.15, 0.2) is 212 Å². The van der Waals surface area contributed by atoms with E-state index in [1.54, 1.807) is 0 Å². The number of aliphatic hydroxyl groups is 1. The molecule has 0 amide bonds. The summed E-state index contributed by atoms with van der Waals surface area (Å²) < 4.78 is 95.1. The minimum absolute atomic E-state index is 0. The van der Waals surface area contributed by atoms with Crippen molar-refractivity contribution < 1.29 is 60.0 Å². The van der Waals surface area contributed by atoms with Gasteiger partial charge in [0.15, 0.2) is 0 Å². The fraction of sp³-hybridized carbons (Fsp3) is 0.0870. The number of hydrogen-bond donors (Lipinski definition) is 1. The lowest BCUT2D eigenvalue weighted by Gasteiger charge is -2.62. The van der Waals surface area contributed by atoms with Crippen molar-refractivity contribution in [2.75, 3.05) is 6.61 Å². The summed E-state index contributed by atoms with van der Waals surface area (Å²) in [6, 6.07) is 66.1. The van der Waals surface area contributed by atoms with Crippen molar-refractivity contribution in [3.05, 3.63) is 212 Å². The molecule has 3 N–H and O–H groups in total. The van der Waals surface area contributed by atoms with Gasteiger partial charge >= 0.3 is 70.4 Å². The van der Waals surface area contributed by atoms with E-state index >= 15 is 0 Å². The van der Waals surface area contributed by atoms with E-state index in [0.717, 1.165) is 0 Å². The minimum atomic E-state index is -4.72. The second-order valence-corrected chi connectivity index (χ2v) is 39.3. The molecule has 0 spiro atoms. The molecular weight excluding hydrogens is 1000 g/mol. The second-order valence-electron chi connectivity index (χ2n) is 15.8. The van der Waals surface area contributed by atoms with E-state index in [1.165, 1.54) is 0 Å². The van der Waals surface area contributed by atoms with Gasteiger partial charge in [0.2, 0.25) is 0 Å². The smallest absolute Gasteiger partial charge is 0.412 e. The van der Waals surface area contributed by atoms with Crippen LogP contribution in [0.5, 0.6) is 0 Å². The van der Waals surface area contributed by atoms with Crippen LogP contribution in [0.4, 0.5) is 0 Å². The second kappa shape index (κ2) is 18.5. The summed E-state index contributed by atoms with van der Waals surface area (Å²) in [4.78, 5) is 0. The first kappa shape index (κ1) is 48.7. The van der Waals surface area contributed by atoms with Crippen LogP contribution in [0.25, 0.3) is 0 Å². The molecule has 350 valence electrons. The zero-order valence-electron chi connectivity index (χ0n) is 35.0. The van der Waals surface area contributed by atoms with Gasteiger partial charge in [-0.25, -0.2) is 0 Å². The van der Waals surface area contributed by atoms with Crippen LogP contribution in [0.1, 0.15) is 14.9 Å². The highest BCUT2D eigenvalue weighted by molar-refractivity contribution is 7.13. The number of benzene rings is 7. The van der Waals surface area contributed by atoms with Crippen LogP contribution in [0.2, 0.25) is 6.04 Å². The van der Waals surface area contributed by atoms with E-state index in [0.29, 0.717) is 36.3 Å². The maximum atomic E-state index is 11.3. The molecule has 6 heterocycles. The van der Waals surface area contributed by atoms with Crippen LogP contribution in [0, 0.1) is 0 Å². The predicted molar refractivity (Wildman–Crippen MR) is 271 cm³/mol. The molecule has 0 aromatic heterocycles. The summed E-state index contributed by atoms with van der Waals surface area (Å²) in [5.41, 5.74) is 0. The third-order valence-electron chi connectivity index (χ3n) is 11.6. The Bertz CT molecular complexity index is 2510. The van der Waals surface area contributed by atoms with Gasteiger partial charge in [-0.05, 0) is 0 Å². The Morgan fingerprint density at radius 2 is 0.397 bits per heavy atom. The van der Waals surface area contributed by atoms with Gasteiger partial charge in [-0.1, -0.05) is 227 Å². The van der Waals surface area contributed by atoms with Gasteiger partial charge in [-0.3, -0.25) is 0 Å². The third-order valence-corrected chi connectivity index (χ3v) is 46.0. The van der Waals surface area contributed by atoms with Crippen molar-refractivity contribution in [3.63, 3.8) is 0 Å². The van der Waals surface area contributed by atoms with E-state index in [4.69, 9.17) is 49.4 Å². The standard InChI is InChI=1S/C44H40O13Si8.2CH4.H2O/c45-36-37-58-46-59(38-22-8-1-9-23-38)49-62(41-28-14-4-15-29-41)51-60(47-58,39-24-10-2-11-25-39)53-64(43-32-18-6-19-33-43)54-61(48-58,40-26-12-3-13-27-40)52-63(50-59,42-30-16-5-17-31-42)56-65(55-62,57-64)44-34-20-7-21-35-44;;;/h1-35,45H,36-37H2;2*1H4;1H2. The number of aliphatic hydroxyl groups excluding tert-OH is 1. The summed E-state index contributed by atoms with van der Waals surface area (Å²) in [5.74, 6) is 0. The van der Waals surface area contributed by atoms with Crippen molar-refractivity contribution in [1.29, 1.82) is 0 Å². The van der Waals surface area contributed by atoms with Gasteiger partial charge in [-0.15, -0.1) is 0 Å². The minimum Gasteiger partial charge on any atom is -0.412 e. The zero-order chi connectivity index (χ0) is 43.7. The van der Waals surface area contributed by atoms with E-state index < -0.39 is 77.0 Å². The molecular formula is C46H50O14Si8. The topological polar surface area (TPSA) is 162 Å². The highest BCUT2D eigenvalue weighted by Gasteiger charge is 2.86. The Morgan fingerprint density at radius 3 is 0.544 bits per heavy atom. The lowest BCUT2D eigenvalue weighted by atomic mass is 10.4. The Kier molecular flexibility index (Phi) is 13.2.